The van der Waals surface area contributed by atoms with Gasteiger partial charge in [0.25, 0.3) is 11.5 Å². The van der Waals surface area contributed by atoms with Crippen LogP contribution in [0.1, 0.15) is 21.6 Å². The summed E-state index contributed by atoms with van der Waals surface area (Å²) in [7, 11) is 0. The average Bonchev–Trinajstić information content (AvgIpc) is 2.71. The van der Waals surface area contributed by atoms with E-state index in [1.54, 1.807) is 6.92 Å². The van der Waals surface area contributed by atoms with Gasteiger partial charge >= 0.3 is 5.97 Å². The van der Waals surface area contributed by atoms with Crippen molar-refractivity contribution in [2.75, 3.05) is 11.9 Å². The first kappa shape index (κ1) is 19.9. The third-order valence-electron chi connectivity index (χ3n) is 4.06. The molecule has 1 N–H and O–H groups in total. The van der Waals surface area contributed by atoms with Crippen LogP contribution in [0.4, 0.5) is 10.1 Å². The van der Waals surface area contributed by atoms with Crippen LogP contribution in [0.5, 0.6) is 0 Å². The Morgan fingerprint density at radius 1 is 1.10 bits per heavy atom. The summed E-state index contributed by atoms with van der Waals surface area (Å²) < 4.78 is 19.4. The first-order valence-corrected chi connectivity index (χ1v) is 8.77. The van der Waals surface area contributed by atoms with Crippen molar-refractivity contribution in [1.82, 2.24) is 9.78 Å². The molecule has 0 aliphatic carbocycles. The smallest absolute Gasteiger partial charge is 0.359 e. The molecule has 0 atom stereocenters. The summed E-state index contributed by atoms with van der Waals surface area (Å²) in [6.45, 7) is 1.33. The van der Waals surface area contributed by atoms with Gasteiger partial charge in [-0.2, -0.15) is 5.10 Å². The molecule has 0 saturated heterocycles. The molecule has 0 radical (unpaired) electrons. The van der Waals surface area contributed by atoms with Crippen molar-refractivity contribution in [2.45, 2.75) is 13.5 Å². The molecule has 0 spiro atoms. The topological polar surface area (TPSA) is 90.3 Å². The zero-order chi connectivity index (χ0) is 20.8. The fourth-order valence-corrected chi connectivity index (χ4v) is 2.55. The summed E-state index contributed by atoms with van der Waals surface area (Å²) in [4.78, 5) is 36.2. The summed E-state index contributed by atoms with van der Waals surface area (Å²) >= 11 is 0. The lowest BCUT2D eigenvalue weighted by Gasteiger charge is -2.10. The van der Waals surface area contributed by atoms with Gasteiger partial charge in [0, 0.05) is 11.8 Å². The minimum absolute atomic E-state index is 0.102. The summed E-state index contributed by atoms with van der Waals surface area (Å²) in [5.41, 5.74) is 1.33. The summed E-state index contributed by atoms with van der Waals surface area (Å²) in [6, 6.07) is 15.6. The third-order valence-corrected chi connectivity index (χ3v) is 4.06. The highest BCUT2D eigenvalue weighted by Gasteiger charge is 2.14. The molecule has 2 aromatic carbocycles. The molecule has 1 aromatic heterocycles. The number of anilines is 1. The number of hydrogen-bond acceptors (Lipinski definition) is 5. The Morgan fingerprint density at radius 3 is 2.62 bits per heavy atom. The molecule has 3 aromatic rings. The minimum Gasteiger partial charge on any atom is -0.451 e. The Bertz CT molecular complexity index is 1100. The molecule has 0 unspecified atom stereocenters. The number of aromatic nitrogens is 2. The fraction of sp³-hybridized carbons (Fsp3) is 0.143. The van der Waals surface area contributed by atoms with Gasteiger partial charge in [0.2, 0.25) is 0 Å². The lowest BCUT2D eigenvalue weighted by atomic mass is 10.2. The van der Waals surface area contributed by atoms with Gasteiger partial charge in [-0.3, -0.25) is 9.59 Å². The van der Waals surface area contributed by atoms with Gasteiger partial charge in [-0.05, 0) is 36.2 Å². The SMILES string of the molecule is Cc1ccc(F)cc1NC(=O)COC(=O)c1ccc(=O)n(Cc2ccccc2)n1. The highest BCUT2D eigenvalue weighted by molar-refractivity contribution is 5.95. The number of carbonyl (C=O) groups is 2. The molecule has 0 aliphatic rings. The van der Waals surface area contributed by atoms with Gasteiger partial charge in [-0.25, -0.2) is 13.9 Å². The molecule has 0 bridgehead atoms. The number of hydrogen-bond donors (Lipinski definition) is 1. The van der Waals surface area contributed by atoms with Gasteiger partial charge < -0.3 is 10.1 Å². The lowest BCUT2D eigenvalue weighted by Crippen LogP contribution is -2.27. The van der Waals surface area contributed by atoms with E-state index in [0.29, 0.717) is 11.3 Å². The van der Waals surface area contributed by atoms with Gasteiger partial charge in [-0.15, -0.1) is 0 Å². The van der Waals surface area contributed by atoms with E-state index in [9.17, 15) is 18.8 Å². The van der Waals surface area contributed by atoms with Crippen LogP contribution in [-0.2, 0) is 16.1 Å². The van der Waals surface area contributed by atoms with Crippen LogP contribution < -0.4 is 10.9 Å². The van der Waals surface area contributed by atoms with E-state index < -0.39 is 24.3 Å². The summed E-state index contributed by atoms with van der Waals surface area (Å²) in [5.74, 6) is -1.96. The highest BCUT2D eigenvalue weighted by Crippen LogP contribution is 2.15. The largest absolute Gasteiger partial charge is 0.451 e. The predicted molar refractivity (Wildman–Crippen MR) is 104 cm³/mol. The van der Waals surface area contributed by atoms with Crippen molar-refractivity contribution in [1.29, 1.82) is 0 Å². The Kier molecular flexibility index (Phi) is 6.13. The third kappa shape index (κ3) is 5.35. The highest BCUT2D eigenvalue weighted by atomic mass is 19.1. The Labute approximate surface area is 165 Å². The Hall–Kier alpha value is -3.81. The van der Waals surface area contributed by atoms with Crippen LogP contribution in [0.25, 0.3) is 0 Å². The zero-order valence-electron chi connectivity index (χ0n) is 15.6. The normalized spacial score (nSPS) is 10.4. The van der Waals surface area contributed by atoms with Crippen molar-refractivity contribution >= 4 is 17.6 Å². The second kappa shape index (κ2) is 8.92. The van der Waals surface area contributed by atoms with E-state index >= 15 is 0 Å². The number of nitrogens with zero attached hydrogens (tertiary/aromatic N) is 2. The van der Waals surface area contributed by atoms with Crippen LogP contribution in [0.3, 0.4) is 0 Å². The molecule has 7 nitrogen and oxygen atoms in total. The van der Waals surface area contributed by atoms with E-state index in [1.807, 2.05) is 30.3 Å². The number of ether oxygens (including phenoxy) is 1. The van der Waals surface area contributed by atoms with Crippen molar-refractivity contribution in [3.63, 3.8) is 0 Å². The quantitative estimate of drug-likeness (QED) is 0.648. The molecule has 1 heterocycles. The van der Waals surface area contributed by atoms with Crippen molar-refractivity contribution < 1.29 is 18.7 Å². The maximum absolute atomic E-state index is 13.3. The van der Waals surface area contributed by atoms with E-state index in [2.05, 4.69) is 10.4 Å². The molecular formula is C21H18FN3O4. The van der Waals surface area contributed by atoms with Crippen LogP contribution in [0.15, 0.2) is 65.5 Å². The number of amides is 1. The molecule has 148 valence electrons. The summed E-state index contributed by atoms with van der Waals surface area (Å²) in [6.07, 6.45) is 0. The number of esters is 1. The van der Waals surface area contributed by atoms with Crippen LogP contribution in [0, 0.1) is 12.7 Å². The summed E-state index contributed by atoms with van der Waals surface area (Å²) in [5, 5.41) is 6.48. The minimum atomic E-state index is -0.849. The van der Waals surface area contributed by atoms with Crippen molar-refractivity contribution in [3.05, 3.63) is 93.7 Å². The second-order valence-electron chi connectivity index (χ2n) is 6.28. The average molecular weight is 395 g/mol. The number of aryl methyl sites for hydroxylation is 1. The molecule has 3 rings (SSSR count). The van der Waals surface area contributed by atoms with Crippen LogP contribution in [-0.4, -0.2) is 28.3 Å². The standard InChI is InChI=1S/C21H18FN3O4/c1-14-7-8-16(22)11-18(14)23-19(26)13-29-21(28)17-9-10-20(27)25(24-17)12-15-5-3-2-4-6-15/h2-11H,12-13H2,1H3,(H,23,26). The van der Waals surface area contributed by atoms with Gasteiger partial charge in [-0.1, -0.05) is 36.4 Å². The Morgan fingerprint density at radius 2 is 1.86 bits per heavy atom. The van der Waals surface area contributed by atoms with Crippen molar-refractivity contribution in [3.8, 4) is 0 Å². The second-order valence-corrected chi connectivity index (χ2v) is 6.28. The van der Waals surface area contributed by atoms with E-state index in [1.165, 1.54) is 30.3 Å². The number of nitrogens with one attached hydrogen (secondary N) is 1. The first-order chi connectivity index (χ1) is 13.9. The number of carbonyl (C=O) groups excluding carboxylic acids is 2. The van der Waals surface area contributed by atoms with Gasteiger partial charge in [0.05, 0.1) is 6.54 Å². The van der Waals surface area contributed by atoms with Crippen molar-refractivity contribution in [2.24, 2.45) is 0 Å². The Balaban J connectivity index is 1.63. The van der Waals surface area contributed by atoms with E-state index in [0.717, 1.165) is 10.2 Å². The fourth-order valence-electron chi connectivity index (χ4n) is 2.55. The monoisotopic (exact) mass is 395 g/mol. The molecule has 29 heavy (non-hydrogen) atoms. The lowest BCUT2D eigenvalue weighted by molar-refractivity contribution is -0.119. The molecular weight excluding hydrogens is 377 g/mol. The molecule has 8 heteroatoms. The van der Waals surface area contributed by atoms with E-state index in [4.69, 9.17) is 4.74 Å². The van der Waals surface area contributed by atoms with E-state index in [-0.39, 0.29) is 17.8 Å². The molecule has 1 amide bonds. The van der Waals surface area contributed by atoms with Crippen LogP contribution in [0.2, 0.25) is 0 Å². The first-order valence-electron chi connectivity index (χ1n) is 8.77. The van der Waals surface area contributed by atoms with Crippen LogP contribution >= 0.6 is 0 Å². The maximum atomic E-state index is 13.3. The zero-order valence-corrected chi connectivity index (χ0v) is 15.6. The molecule has 0 fully saturated rings. The number of benzene rings is 2. The molecule has 0 saturated carbocycles. The number of halogens is 1. The van der Waals surface area contributed by atoms with Gasteiger partial charge in [0.15, 0.2) is 12.3 Å². The maximum Gasteiger partial charge on any atom is 0.359 e. The molecule has 0 aliphatic heterocycles. The predicted octanol–water partition coefficient (Wildman–Crippen LogP) is 2.53. The number of rotatable bonds is 6. The van der Waals surface area contributed by atoms with Gasteiger partial charge in [0.1, 0.15) is 5.82 Å².